The van der Waals surface area contributed by atoms with Gasteiger partial charge < -0.3 is 9.88 Å². The van der Waals surface area contributed by atoms with Gasteiger partial charge in [0.2, 0.25) is 0 Å². The third-order valence-corrected chi connectivity index (χ3v) is 4.93. The van der Waals surface area contributed by atoms with E-state index in [0.717, 1.165) is 35.2 Å². The van der Waals surface area contributed by atoms with Gasteiger partial charge in [-0.05, 0) is 29.7 Å². The molecule has 0 radical (unpaired) electrons. The van der Waals surface area contributed by atoms with E-state index in [-0.39, 0.29) is 5.91 Å². The molecule has 0 spiro atoms. The third-order valence-electron chi connectivity index (χ3n) is 4.51. The zero-order valence-electron chi connectivity index (χ0n) is 13.3. The molecule has 3 heterocycles. The van der Waals surface area contributed by atoms with Crippen molar-refractivity contribution in [1.82, 2.24) is 19.9 Å². The van der Waals surface area contributed by atoms with Crippen molar-refractivity contribution in [3.8, 4) is 0 Å². The Bertz CT molecular complexity index is 934. The van der Waals surface area contributed by atoms with Crippen LogP contribution in [-0.4, -0.2) is 32.3 Å². The lowest BCUT2D eigenvalue weighted by Crippen LogP contribution is -2.36. The number of hydrogen-bond donors (Lipinski definition) is 1. The van der Waals surface area contributed by atoms with Gasteiger partial charge in [-0.1, -0.05) is 30.7 Å². The number of imidazole rings is 1. The summed E-state index contributed by atoms with van der Waals surface area (Å²) in [7, 11) is 0. The van der Waals surface area contributed by atoms with E-state index >= 15 is 0 Å². The summed E-state index contributed by atoms with van der Waals surface area (Å²) in [5.74, 6) is 0.238. The van der Waals surface area contributed by atoms with E-state index < -0.39 is 0 Å². The molecule has 0 fully saturated rings. The number of benzene rings is 1. The largest absolute Gasteiger partial charge is 0.334 e. The molecule has 122 valence electrons. The van der Waals surface area contributed by atoms with Gasteiger partial charge in [0.15, 0.2) is 5.82 Å². The second-order valence-corrected chi connectivity index (χ2v) is 6.34. The van der Waals surface area contributed by atoms with Crippen LogP contribution in [0.2, 0.25) is 5.02 Å². The number of fused-ring (bicyclic) bond motifs is 2. The van der Waals surface area contributed by atoms with Gasteiger partial charge in [-0.3, -0.25) is 9.78 Å². The highest BCUT2D eigenvalue weighted by molar-refractivity contribution is 6.35. The number of carbonyl (C=O) groups excluding carboxylic acids is 1. The first-order chi connectivity index (χ1) is 11.7. The fourth-order valence-corrected chi connectivity index (χ4v) is 3.49. The minimum atomic E-state index is -0.102. The number of aromatic nitrogens is 3. The Morgan fingerprint density at radius 3 is 3.08 bits per heavy atom. The van der Waals surface area contributed by atoms with Gasteiger partial charge in [0.1, 0.15) is 5.52 Å². The number of halogens is 1. The SMILES string of the molecule is CCc1ccc2[nH]c(C(=O)N3CCc4ncccc4C3)nc2c1Cl. The molecule has 24 heavy (non-hydrogen) atoms. The van der Waals surface area contributed by atoms with Crippen molar-refractivity contribution in [2.75, 3.05) is 6.54 Å². The fourth-order valence-electron chi connectivity index (χ4n) is 3.15. The van der Waals surface area contributed by atoms with Crippen LogP contribution in [0.5, 0.6) is 0 Å². The van der Waals surface area contributed by atoms with Gasteiger partial charge in [-0.2, -0.15) is 0 Å². The van der Waals surface area contributed by atoms with Gasteiger partial charge in [0, 0.05) is 31.4 Å². The van der Waals surface area contributed by atoms with Crippen LogP contribution >= 0.6 is 11.6 Å². The molecule has 1 aliphatic rings. The lowest BCUT2D eigenvalue weighted by Gasteiger charge is -2.27. The Morgan fingerprint density at radius 1 is 1.38 bits per heavy atom. The normalized spacial score (nSPS) is 14.0. The first-order valence-electron chi connectivity index (χ1n) is 8.06. The summed E-state index contributed by atoms with van der Waals surface area (Å²) in [5.41, 5.74) is 4.66. The lowest BCUT2D eigenvalue weighted by molar-refractivity contribution is 0.0722. The van der Waals surface area contributed by atoms with E-state index in [4.69, 9.17) is 11.6 Å². The number of hydrogen-bond acceptors (Lipinski definition) is 3. The predicted molar refractivity (Wildman–Crippen MR) is 93.2 cm³/mol. The maximum Gasteiger partial charge on any atom is 0.289 e. The van der Waals surface area contributed by atoms with Gasteiger partial charge >= 0.3 is 0 Å². The van der Waals surface area contributed by atoms with Crippen molar-refractivity contribution in [3.05, 3.63) is 58.1 Å². The van der Waals surface area contributed by atoms with Crippen molar-refractivity contribution < 1.29 is 4.79 Å². The van der Waals surface area contributed by atoms with Crippen LogP contribution in [-0.2, 0) is 19.4 Å². The van der Waals surface area contributed by atoms with E-state index in [9.17, 15) is 4.79 Å². The molecule has 0 aliphatic carbocycles. The minimum Gasteiger partial charge on any atom is -0.334 e. The van der Waals surface area contributed by atoms with E-state index in [2.05, 4.69) is 15.0 Å². The number of aryl methyl sites for hydroxylation is 1. The molecule has 0 bridgehead atoms. The molecule has 2 aromatic heterocycles. The summed E-state index contributed by atoms with van der Waals surface area (Å²) in [6.07, 6.45) is 3.40. The molecule has 5 nitrogen and oxygen atoms in total. The summed E-state index contributed by atoms with van der Waals surface area (Å²) >= 11 is 6.40. The maximum absolute atomic E-state index is 12.8. The summed E-state index contributed by atoms with van der Waals surface area (Å²) in [6, 6.07) is 7.82. The molecular formula is C18H17ClN4O. The van der Waals surface area contributed by atoms with Crippen LogP contribution in [0, 0.1) is 0 Å². The zero-order valence-corrected chi connectivity index (χ0v) is 14.1. The van der Waals surface area contributed by atoms with E-state index in [0.29, 0.717) is 29.5 Å². The Kier molecular flexibility index (Phi) is 3.73. The monoisotopic (exact) mass is 340 g/mol. The topological polar surface area (TPSA) is 61.9 Å². The van der Waals surface area contributed by atoms with Crippen LogP contribution < -0.4 is 0 Å². The average Bonchev–Trinajstić information content (AvgIpc) is 3.06. The molecule has 1 aliphatic heterocycles. The lowest BCUT2D eigenvalue weighted by atomic mass is 10.1. The molecule has 6 heteroatoms. The number of H-pyrrole nitrogens is 1. The molecule has 0 atom stereocenters. The summed E-state index contributed by atoms with van der Waals surface area (Å²) < 4.78 is 0. The fraction of sp³-hybridized carbons (Fsp3) is 0.278. The molecule has 1 aromatic carbocycles. The first kappa shape index (κ1) is 15.1. The van der Waals surface area contributed by atoms with E-state index in [1.165, 1.54) is 0 Å². The molecule has 0 saturated heterocycles. The Balaban J connectivity index is 1.66. The molecule has 0 saturated carbocycles. The van der Waals surface area contributed by atoms with Gasteiger partial charge in [-0.25, -0.2) is 4.98 Å². The third kappa shape index (κ3) is 2.45. The van der Waals surface area contributed by atoms with Crippen molar-refractivity contribution in [3.63, 3.8) is 0 Å². The van der Waals surface area contributed by atoms with Crippen molar-refractivity contribution in [2.24, 2.45) is 0 Å². The van der Waals surface area contributed by atoms with Crippen molar-refractivity contribution >= 4 is 28.5 Å². The van der Waals surface area contributed by atoms with Gasteiger partial charge in [0.25, 0.3) is 5.91 Å². The Labute approximate surface area is 144 Å². The summed E-state index contributed by atoms with van der Waals surface area (Å²) in [5, 5.41) is 0.624. The number of rotatable bonds is 2. The van der Waals surface area contributed by atoms with Crippen LogP contribution in [0.1, 0.15) is 34.4 Å². The van der Waals surface area contributed by atoms with E-state index in [1.54, 1.807) is 11.1 Å². The Hall–Kier alpha value is -2.40. The highest BCUT2D eigenvalue weighted by Gasteiger charge is 2.25. The van der Waals surface area contributed by atoms with Crippen LogP contribution in [0.4, 0.5) is 0 Å². The highest BCUT2D eigenvalue weighted by atomic mass is 35.5. The van der Waals surface area contributed by atoms with Gasteiger partial charge in [0.05, 0.1) is 10.5 Å². The van der Waals surface area contributed by atoms with Crippen molar-refractivity contribution in [2.45, 2.75) is 26.3 Å². The summed E-state index contributed by atoms with van der Waals surface area (Å²) in [6.45, 7) is 3.26. The molecule has 3 aromatic rings. The molecule has 4 rings (SSSR count). The molecule has 1 N–H and O–H groups in total. The van der Waals surface area contributed by atoms with Gasteiger partial charge in [-0.15, -0.1) is 0 Å². The maximum atomic E-state index is 12.8. The number of carbonyl (C=O) groups is 1. The first-order valence-corrected chi connectivity index (χ1v) is 8.44. The molecule has 1 amide bonds. The number of pyridine rings is 1. The number of aromatic amines is 1. The number of amides is 1. The number of nitrogens with one attached hydrogen (secondary N) is 1. The molecule has 0 unspecified atom stereocenters. The van der Waals surface area contributed by atoms with Crippen LogP contribution in [0.3, 0.4) is 0 Å². The average molecular weight is 341 g/mol. The second kappa shape index (κ2) is 5.91. The van der Waals surface area contributed by atoms with Crippen LogP contribution in [0.15, 0.2) is 30.5 Å². The standard InChI is InChI=1S/C18H17ClN4O/c1-2-11-5-6-14-16(15(11)19)22-17(21-14)18(24)23-9-7-13-12(10-23)4-3-8-20-13/h3-6,8H,2,7,9-10H2,1H3,(H,21,22). The van der Waals surface area contributed by atoms with Crippen LogP contribution in [0.25, 0.3) is 11.0 Å². The molecular weight excluding hydrogens is 324 g/mol. The van der Waals surface area contributed by atoms with Crippen molar-refractivity contribution in [1.29, 1.82) is 0 Å². The quantitative estimate of drug-likeness (QED) is 0.778. The van der Waals surface area contributed by atoms with E-state index in [1.807, 2.05) is 31.2 Å². The summed E-state index contributed by atoms with van der Waals surface area (Å²) in [4.78, 5) is 26.6. The Morgan fingerprint density at radius 2 is 2.25 bits per heavy atom. The minimum absolute atomic E-state index is 0.102. The smallest absolute Gasteiger partial charge is 0.289 e. The zero-order chi connectivity index (χ0) is 16.7. The second-order valence-electron chi connectivity index (χ2n) is 5.96. The number of nitrogens with zero attached hydrogens (tertiary/aromatic N) is 3. The highest BCUT2D eigenvalue weighted by Crippen LogP contribution is 2.27. The predicted octanol–water partition coefficient (Wildman–Crippen LogP) is 3.37.